The monoisotopic (exact) mass is 252 g/mol. The number of guanidine groups is 1. The number of rotatable bonds is 2. The summed E-state index contributed by atoms with van der Waals surface area (Å²) in [6.07, 6.45) is 1.09. The average Bonchev–Trinajstić information content (AvgIpc) is 2.76. The van der Waals surface area contributed by atoms with Crippen molar-refractivity contribution in [2.75, 3.05) is 13.1 Å². The van der Waals surface area contributed by atoms with Crippen molar-refractivity contribution in [3.05, 3.63) is 21.9 Å². The van der Waals surface area contributed by atoms with Crippen LogP contribution in [-0.4, -0.2) is 23.9 Å². The number of fused-ring (bicyclic) bond motifs is 1. The van der Waals surface area contributed by atoms with Crippen LogP contribution in [0.15, 0.2) is 16.4 Å². The van der Waals surface area contributed by atoms with E-state index in [1.54, 1.807) is 0 Å². The minimum absolute atomic E-state index is 0.555. The molecule has 0 aliphatic carbocycles. The average molecular weight is 252 g/mol. The summed E-state index contributed by atoms with van der Waals surface area (Å²) in [5.41, 5.74) is 4.14. The van der Waals surface area contributed by atoms with Gasteiger partial charge in [0.05, 0.1) is 0 Å². The van der Waals surface area contributed by atoms with Gasteiger partial charge >= 0.3 is 0 Å². The molecule has 3 N–H and O–H groups in total. The largest absolute Gasteiger partial charge is 0.337 e. The normalized spacial score (nSPS) is 16.2. The lowest BCUT2D eigenvalue weighted by Crippen LogP contribution is -2.46. The van der Waals surface area contributed by atoms with E-state index in [0.29, 0.717) is 5.92 Å². The van der Waals surface area contributed by atoms with E-state index < -0.39 is 0 Å². The van der Waals surface area contributed by atoms with Crippen LogP contribution < -0.4 is 11.3 Å². The molecule has 0 aromatic carbocycles. The molecule has 1 aromatic rings. The molecule has 0 amide bonds. The Morgan fingerprint density at radius 2 is 2.47 bits per heavy atom. The highest BCUT2D eigenvalue weighted by atomic mass is 32.1. The number of hydrazine groups is 1. The molecule has 1 aliphatic rings. The third-order valence-corrected chi connectivity index (χ3v) is 3.87. The molecule has 0 radical (unpaired) electrons. The SMILES string of the molecule is CC(C)CN=C(NN)N1CCc2sccc2C1. The van der Waals surface area contributed by atoms with Gasteiger partial charge in [-0.2, -0.15) is 0 Å². The van der Waals surface area contributed by atoms with E-state index in [1.807, 2.05) is 11.3 Å². The first-order valence-electron chi connectivity index (χ1n) is 6.02. The molecule has 2 rings (SSSR count). The van der Waals surface area contributed by atoms with Crippen molar-refractivity contribution in [1.29, 1.82) is 0 Å². The number of nitrogens with two attached hydrogens (primary N) is 1. The first-order valence-corrected chi connectivity index (χ1v) is 6.90. The van der Waals surface area contributed by atoms with Crippen molar-refractivity contribution >= 4 is 17.3 Å². The van der Waals surface area contributed by atoms with Crippen LogP contribution >= 0.6 is 11.3 Å². The van der Waals surface area contributed by atoms with Crippen LogP contribution in [0.5, 0.6) is 0 Å². The quantitative estimate of drug-likeness (QED) is 0.364. The van der Waals surface area contributed by atoms with E-state index in [2.05, 4.69) is 40.6 Å². The molecule has 0 unspecified atom stereocenters. The van der Waals surface area contributed by atoms with Crippen molar-refractivity contribution < 1.29 is 0 Å². The fourth-order valence-electron chi connectivity index (χ4n) is 1.94. The molecular weight excluding hydrogens is 232 g/mol. The van der Waals surface area contributed by atoms with E-state index in [-0.39, 0.29) is 0 Å². The van der Waals surface area contributed by atoms with Gasteiger partial charge in [0.25, 0.3) is 0 Å². The Morgan fingerprint density at radius 1 is 1.65 bits per heavy atom. The summed E-state index contributed by atoms with van der Waals surface area (Å²) in [5.74, 6) is 6.94. The van der Waals surface area contributed by atoms with Gasteiger partial charge in [-0.1, -0.05) is 13.8 Å². The number of nitrogens with one attached hydrogen (secondary N) is 1. The summed E-state index contributed by atoms with van der Waals surface area (Å²) in [6.45, 7) is 7.04. The van der Waals surface area contributed by atoms with Crippen LogP contribution in [-0.2, 0) is 13.0 Å². The highest BCUT2D eigenvalue weighted by Crippen LogP contribution is 2.23. The smallest absolute Gasteiger partial charge is 0.208 e. The van der Waals surface area contributed by atoms with Gasteiger partial charge in [0.2, 0.25) is 5.96 Å². The molecule has 0 saturated heterocycles. The predicted octanol–water partition coefficient (Wildman–Crippen LogP) is 1.58. The number of hydrogen-bond donors (Lipinski definition) is 2. The Hall–Kier alpha value is -1.07. The van der Waals surface area contributed by atoms with Crippen molar-refractivity contribution in [1.82, 2.24) is 10.3 Å². The molecule has 0 atom stereocenters. The van der Waals surface area contributed by atoms with E-state index >= 15 is 0 Å². The fraction of sp³-hybridized carbons (Fsp3) is 0.583. The van der Waals surface area contributed by atoms with Crippen LogP contribution in [0.2, 0.25) is 0 Å². The van der Waals surface area contributed by atoms with Gasteiger partial charge in [0.15, 0.2) is 0 Å². The molecule has 1 aliphatic heterocycles. The topological polar surface area (TPSA) is 53.6 Å². The maximum absolute atomic E-state index is 5.57. The van der Waals surface area contributed by atoms with Crippen LogP contribution in [0.4, 0.5) is 0 Å². The molecule has 0 spiro atoms. The fourth-order valence-corrected chi connectivity index (χ4v) is 2.82. The Labute approximate surface area is 107 Å². The van der Waals surface area contributed by atoms with Crippen LogP contribution in [0.25, 0.3) is 0 Å². The minimum atomic E-state index is 0.555. The molecule has 1 aromatic heterocycles. The Balaban J connectivity index is 2.05. The van der Waals surface area contributed by atoms with Crippen molar-refractivity contribution in [2.45, 2.75) is 26.8 Å². The maximum atomic E-state index is 5.57. The highest BCUT2D eigenvalue weighted by Gasteiger charge is 2.19. The molecule has 4 nitrogen and oxygen atoms in total. The lowest BCUT2D eigenvalue weighted by Gasteiger charge is -2.29. The summed E-state index contributed by atoms with van der Waals surface area (Å²) in [6, 6.07) is 2.20. The number of nitrogens with zero attached hydrogens (tertiary/aromatic N) is 2. The third-order valence-electron chi connectivity index (χ3n) is 2.84. The van der Waals surface area contributed by atoms with Gasteiger partial charge in [-0.05, 0) is 29.3 Å². The second kappa shape index (κ2) is 5.51. The molecule has 0 bridgehead atoms. The summed E-state index contributed by atoms with van der Waals surface area (Å²) in [5, 5.41) is 2.16. The van der Waals surface area contributed by atoms with Crippen LogP contribution in [0, 0.1) is 5.92 Å². The number of hydrogen-bond acceptors (Lipinski definition) is 3. The molecule has 94 valence electrons. The molecule has 5 heteroatoms. The summed E-state index contributed by atoms with van der Waals surface area (Å²) >= 11 is 1.85. The molecular formula is C12H20N4S. The zero-order chi connectivity index (χ0) is 12.3. The van der Waals surface area contributed by atoms with Gasteiger partial charge in [-0.25, -0.2) is 5.84 Å². The molecule has 17 heavy (non-hydrogen) atoms. The molecule has 0 saturated carbocycles. The Kier molecular flexibility index (Phi) is 4.02. The lowest BCUT2D eigenvalue weighted by molar-refractivity contribution is 0.380. The lowest BCUT2D eigenvalue weighted by atomic mass is 10.1. The van der Waals surface area contributed by atoms with Gasteiger partial charge in [0.1, 0.15) is 0 Å². The Bertz CT molecular complexity index is 397. The van der Waals surface area contributed by atoms with E-state index in [1.165, 1.54) is 10.4 Å². The summed E-state index contributed by atoms with van der Waals surface area (Å²) in [4.78, 5) is 8.25. The maximum Gasteiger partial charge on any atom is 0.208 e. The van der Waals surface area contributed by atoms with Crippen molar-refractivity contribution in [3.8, 4) is 0 Å². The van der Waals surface area contributed by atoms with Crippen molar-refractivity contribution in [3.63, 3.8) is 0 Å². The minimum Gasteiger partial charge on any atom is -0.337 e. The standard InChI is InChI=1S/C12H20N4S/c1-9(2)7-14-12(15-13)16-5-3-11-10(8-16)4-6-17-11/h4,6,9H,3,5,7-8,13H2,1-2H3,(H,14,15). The second-order valence-electron chi connectivity index (χ2n) is 4.74. The van der Waals surface area contributed by atoms with E-state index in [0.717, 1.165) is 32.0 Å². The van der Waals surface area contributed by atoms with Gasteiger partial charge in [0, 0.05) is 24.5 Å². The predicted molar refractivity (Wildman–Crippen MR) is 72.9 cm³/mol. The van der Waals surface area contributed by atoms with E-state index in [4.69, 9.17) is 5.84 Å². The van der Waals surface area contributed by atoms with Gasteiger partial charge < -0.3 is 4.90 Å². The van der Waals surface area contributed by atoms with Crippen LogP contribution in [0.1, 0.15) is 24.3 Å². The highest BCUT2D eigenvalue weighted by molar-refractivity contribution is 7.10. The van der Waals surface area contributed by atoms with Gasteiger partial charge in [-0.15, -0.1) is 11.3 Å². The summed E-state index contributed by atoms with van der Waals surface area (Å²) < 4.78 is 0. The first kappa shape index (κ1) is 12.4. The Morgan fingerprint density at radius 3 is 3.18 bits per heavy atom. The zero-order valence-corrected chi connectivity index (χ0v) is 11.3. The summed E-state index contributed by atoms with van der Waals surface area (Å²) in [7, 11) is 0. The number of aliphatic imine (C=N–C) groups is 1. The number of thiophene rings is 1. The van der Waals surface area contributed by atoms with Crippen molar-refractivity contribution in [2.24, 2.45) is 16.8 Å². The first-order chi connectivity index (χ1) is 8.20. The zero-order valence-electron chi connectivity index (χ0n) is 10.4. The van der Waals surface area contributed by atoms with Gasteiger partial charge in [-0.3, -0.25) is 10.4 Å². The molecule has 0 fully saturated rings. The third kappa shape index (κ3) is 2.98. The second-order valence-corrected chi connectivity index (χ2v) is 5.74. The van der Waals surface area contributed by atoms with E-state index in [9.17, 15) is 0 Å². The molecule has 2 heterocycles. The van der Waals surface area contributed by atoms with Crippen LogP contribution in [0.3, 0.4) is 0 Å².